The summed E-state index contributed by atoms with van der Waals surface area (Å²) in [5, 5.41) is 79.2. The maximum Gasteiger partial charge on any atom is 0.335 e. The van der Waals surface area contributed by atoms with Gasteiger partial charge in [0.2, 0.25) is 0 Å². The molecule has 0 saturated carbocycles. The van der Waals surface area contributed by atoms with Crippen LogP contribution in [0.1, 0.15) is 20.8 Å². The molecule has 26 heavy (non-hydrogen) atoms. The van der Waals surface area contributed by atoms with E-state index in [-0.39, 0.29) is 0 Å². The molecule has 0 radical (unpaired) electrons. The molecular formula is C15H33NO10. The van der Waals surface area contributed by atoms with Crippen molar-refractivity contribution in [3.05, 3.63) is 0 Å². The van der Waals surface area contributed by atoms with Crippen molar-refractivity contribution >= 4 is 5.97 Å². The van der Waals surface area contributed by atoms with Crippen LogP contribution in [-0.2, 0) is 4.79 Å². The van der Waals surface area contributed by atoms with Crippen molar-refractivity contribution in [1.82, 2.24) is 4.90 Å². The molecule has 0 aliphatic rings. The van der Waals surface area contributed by atoms with Gasteiger partial charge in [0.1, 0.15) is 18.3 Å². The van der Waals surface area contributed by atoms with E-state index in [9.17, 15) is 4.79 Å². The topological polar surface area (TPSA) is 202 Å². The maximum absolute atomic E-state index is 10.1. The third kappa shape index (κ3) is 13.3. The van der Waals surface area contributed by atoms with E-state index < -0.39 is 55.3 Å². The molecule has 3 unspecified atom stereocenters. The van der Waals surface area contributed by atoms with Crippen LogP contribution in [0.2, 0.25) is 0 Å². The molecule has 0 bridgehead atoms. The molecule has 158 valence electrons. The number of carboxylic acids is 1. The SMILES string of the molecule is CC(O)CN(CC(C)O)CC(C)O.O=C(O)[C@H](O)[C@@H](O)[C@H](O)[C@H](O)CO. The average Bonchev–Trinajstić information content (AvgIpc) is 2.50. The van der Waals surface area contributed by atoms with Crippen molar-refractivity contribution in [2.45, 2.75) is 63.5 Å². The van der Waals surface area contributed by atoms with Crippen LogP contribution in [0.5, 0.6) is 0 Å². The number of aliphatic hydroxyl groups is 8. The Balaban J connectivity index is 0. The number of hydrogen-bond donors (Lipinski definition) is 9. The van der Waals surface area contributed by atoms with Gasteiger partial charge in [0, 0.05) is 19.6 Å². The summed E-state index contributed by atoms with van der Waals surface area (Å²) in [6.07, 6.45) is -9.14. The number of carbonyl (C=O) groups is 1. The predicted octanol–water partition coefficient (Wildman–Crippen LogP) is -4.06. The number of hydrogen-bond acceptors (Lipinski definition) is 10. The summed E-state index contributed by atoms with van der Waals surface area (Å²) in [6.45, 7) is 5.68. The summed E-state index contributed by atoms with van der Waals surface area (Å²) in [7, 11) is 0. The molecule has 0 aliphatic carbocycles. The molecule has 0 spiro atoms. The number of aliphatic hydroxyl groups excluding tert-OH is 8. The molecule has 11 nitrogen and oxygen atoms in total. The van der Waals surface area contributed by atoms with Crippen LogP contribution in [0.3, 0.4) is 0 Å². The van der Waals surface area contributed by atoms with Gasteiger partial charge < -0.3 is 46.0 Å². The van der Waals surface area contributed by atoms with E-state index >= 15 is 0 Å². The summed E-state index contributed by atoms with van der Waals surface area (Å²) >= 11 is 0. The predicted molar refractivity (Wildman–Crippen MR) is 90.2 cm³/mol. The maximum atomic E-state index is 10.1. The standard InChI is InChI=1S/C9H21NO3.C6H12O7/c1-7(11)4-10(5-8(2)12)6-9(3)13;7-1-2(8)3(9)4(10)5(11)6(12)13/h7-9,11-13H,4-6H2,1-3H3;2-5,7-11H,1H2,(H,12,13)/t;2-,3-,4+,5-/m.1/s1. The van der Waals surface area contributed by atoms with Crippen LogP contribution < -0.4 is 0 Å². The van der Waals surface area contributed by atoms with Gasteiger partial charge in [-0.15, -0.1) is 0 Å². The first-order valence-electron chi connectivity index (χ1n) is 8.15. The van der Waals surface area contributed by atoms with E-state index in [0.29, 0.717) is 19.6 Å². The zero-order valence-electron chi connectivity index (χ0n) is 15.3. The molecule has 0 aromatic heterocycles. The lowest BCUT2D eigenvalue weighted by molar-refractivity contribution is -0.164. The van der Waals surface area contributed by atoms with E-state index in [1.807, 2.05) is 4.90 Å². The lowest BCUT2D eigenvalue weighted by Crippen LogP contribution is -2.48. The summed E-state index contributed by atoms with van der Waals surface area (Å²) in [5.41, 5.74) is 0. The van der Waals surface area contributed by atoms with Gasteiger partial charge >= 0.3 is 5.97 Å². The third-order valence-electron chi connectivity index (χ3n) is 3.07. The highest BCUT2D eigenvalue weighted by atomic mass is 16.4. The number of nitrogens with zero attached hydrogens (tertiary/aromatic N) is 1. The van der Waals surface area contributed by atoms with Gasteiger partial charge in [-0.05, 0) is 20.8 Å². The van der Waals surface area contributed by atoms with Crippen LogP contribution in [0.15, 0.2) is 0 Å². The Hall–Kier alpha value is -0.890. The van der Waals surface area contributed by atoms with E-state index in [1.54, 1.807) is 20.8 Å². The summed E-state index contributed by atoms with van der Waals surface area (Å²) in [4.78, 5) is 11.9. The van der Waals surface area contributed by atoms with Gasteiger partial charge in [-0.1, -0.05) is 0 Å². The van der Waals surface area contributed by atoms with E-state index in [1.165, 1.54) is 0 Å². The third-order valence-corrected chi connectivity index (χ3v) is 3.07. The first-order chi connectivity index (χ1) is 11.8. The van der Waals surface area contributed by atoms with E-state index in [2.05, 4.69) is 0 Å². The van der Waals surface area contributed by atoms with Crippen LogP contribution >= 0.6 is 0 Å². The molecule has 0 heterocycles. The Morgan fingerprint density at radius 2 is 1.12 bits per heavy atom. The first-order valence-corrected chi connectivity index (χ1v) is 8.15. The van der Waals surface area contributed by atoms with E-state index in [0.717, 1.165) is 0 Å². The fraction of sp³-hybridized carbons (Fsp3) is 0.933. The lowest BCUT2D eigenvalue weighted by Gasteiger charge is -2.25. The molecule has 0 saturated heterocycles. The van der Waals surface area contributed by atoms with Gasteiger partial charge in [0.25, 0.3) is 0 Å². The molecule has 0 aromatic rings. The van der Waals surface area contributed by atoms with Gasteiger partial charge in [-0.25, -0.2) is 4.79 Å². The first kappa shape index (κ1) is 27.3. The van der Waals surface area contributed by atoms with Crippen molar-refractivity contribution < 1.29 is 50.8 Å². The fourth-order valence-electron chi connectivity index (χ4n) is 2.01. The molecule has 7 atom stereocenters. The van der Waals surface area contributed by atoms with Crippen LogP contribution in [-0.4, -0.2) is 126 Å². The highest BCUT2D eigenvalue weighted by Crippen LogP contribution is 2.04. The number of rotatable bonds is 11. The normalized spacial score (nSPS) is 19.5. The minimum atomic E-state index is -2.20. The second-order valence-electron chi connectivity index (χ2n) is 6.28. The van der Waals surface area contributed by atoms with Gasteiger partial charge in [0.15, 0.2) is 6.10 Å². The average molecular weight is 387 g/mol. The largest absolute Gasteiger partial charge is 0.479 e. The highest BCUT2D eigenvalue weighted by Gasteiger charge is 2.33. The fourth-order valence-corrected chi connectivity index (χ4v) is 2.01. The highest BCUT2D eigenvalue weighted by molar-refractivity contribution is 5.72. The van der Waals surface area contributed by atoms with Gasteiger partial charge in [-0.2, -0.15) is 0 Å². The summed E-state index contributed by atoms with van der Waals surface area (Å²) in [6, 6.07) is 0. The lowest BCUT2D eigenvalue weighted by atomic mass is 10.0. The van der Waals surface area contributed by atoms with Crippen molar-refractivity contribution in [3.63, 3.8) is 0 Å². The van der Waals surface area contributed by atoms with Crippen LogP contribution in [0.25, 0.3) is 0 Å². The molecule has 0 fully saturated rings. The summed E-state index contributed by atoms with van der Waals surface area (Å²) in [5.74, 6) is -1.73. The van der Waals surface area contributed by atoms with Crippen molar-refractivity contribution in [2.24, 2.45) is 0 Å². The second-order valence-corrected chi connectivity index (χ2v) is 6.28. The van der Waals surface area contributed by atoms with Crippen LogP contribution in [0, 0.1) is 0 Å². The van der Waals surface area contributed by atoms with Gasteiger partial charge in [0.05, 0.1) is 24.9 Å². The minimum absolute atomic E-state index is 0.433. The quantitative estimate of drug-likeness (QED) is 0.167. The Morgan fingerprint density at radius 1 is 0.769 bits per heavy atom. The monoisotopic (exact) mass is 387 g/mol. The molecule has 11 heteroatoms. The van der Waals surface area contributed by atoms with Crippen LogP contribution in [0.4, 0.5) is 0 Å². The zero-order valence-corrected chi connectivity index (χ0v) is 15.3. The molecule has 0 rings (SSSR count). The molecule has 9 N–H and O–H groups in total. The molecular weight excluding hydrogens is 354 g/mol. The Morgan fingerprint density at radius 3 is 1.35 bits per heavy atom. The zero-order chi connectivity index (χ0) is 21.0. The molecule has 0 aromatic carbocycles. The van der Waals surface area contributed by atoms with E-state index in [4.69, 9.17) is 46.0 Å². The number of carboxylic acid groups (broad SMARTS) is 1. The van der Waals surface area contributed by atoms with Gasteiger partial charge in [-0.3, -0.25) is 4.90 Å². The van der Waals surface area contributed by atoms with Crippen molar-refractivity contribution in [3.8, 4) is 0 Å². The second kappa shape index (κ2) is 14.2. The Kier molecular flexibility index (Phi) is 14.9. The van der Waals surface area contributed by atoms with Crippen molar-refractivity contribution in [2.75, 3.05) is 26.2 Å². The minimum Gasteiger partial charge on any atom is -0.479 e. The molecule has 0 amide bonds. The Labute approximate surface area is 152 Å². The Bertz CT molecular complexity index is 343. The summed E-state index contributed by atoms with van der Waals surface area (Å²) < 4.78 is 0. The smallest absolute Gasteiger partial charge is 0.335 e. The number of aliphatic carboxylic acids is 1. The van der Waals surface area contributed by atoms with Crippen molar-refractivity contribution in [1.29, 1.82) is 0 Å². The molecule has 0 aliphatic heterocycles.